The van der Waals surface area contributed by atoms with Crippen LogP contribution >= 0.6 is 0 Å². The number of hydrogen-bond donors (Lipinski definition) is 0. The largest absolute Gasteiger partial charge is 0.494 e. The molecule has 3 heterocycles. The molecule has 2 aromatic heterocycles. The number of nitrogens with zero attached hydrogens (tertiary/aromatic N) is 4. The minimum Gasteiger partial charge on any atom is -0.494 e. The van der Waals surface area contributed by atoms with Gasteiger partial charge in [-0.25, -0.2) is 9.97 Å². The van der Waals surface area contributed by atoms with E-state index >= 15 is 0 Å². The maximum absolute atomic E-state index is 12.4. The van der Waals surface area contributed by atoms with Crippen molar-refractivity contribution in [3.63, 3.8) is 0 Å². The lowest BCUT2D eigenvalue weighted by Gasteiger charge is -2.34. The second-order valence-corrected chi connectivity index (χ2v) is 6.46. The molecule has 0 spiro atoms. The van der Waals surface area contributed by atoms with Crippen LogP contribution in [0.3, 0.4) is 0 Å². The molecule has 0 N–H and O–H groups in total. The quantitative estimate of drug-likeness (QED) is 0.679. The molecule has 1 aromatic carbocycles. The van der Waals surface area contributed by atoms with Gasteiger partial charge in [-0.15, -0.1) is 0 Å². The lowest BCUT2D eigenvalue weighted by molar-refractivity contribution is 0.0714. The lowest BCUT2D eigenvalue weighted by Crippen LogP contribution is -2.49. The van der Waals surface area contributed by atoms with E-state index in [-0.39, 0.29) is 5.91 Å². The molecule has 7 nitrogen and oxygen atoms in total. The lowest BCUT2D eigenvalue weighted by atomic mass is 10.1. The Labute approximate surface area is 163 Å². The highest BCUT2D eigenvalue weighted by Crippen LogP contribution is 2.23. The molecule has 4 rings (SSSR count). The zero-order valence-electron chi connectivity index (χ0n) is 15.7. The summed E-state index contributed by atoms with van der Waals surface area (Å²) >= 11 is 0. The van der Waals surface area contributed by atoms with Gasteiger partial charge in [0.05, 0.1) is 18.6 Å². The van der Waals surface area contributed by atoms with Gasteiger partial charge in [0.25, 0.3) is 5.91 Å². The van der Waals surface area contributed by atoms with E-state index < -0.39 is 0 Å². The SMILES string of the molecule is CCOc1ccc(-c2ccnc(N3CCN(C(=O)c4ccco4)CC3)n2)cc1. The number of ether oxygens (including phenoxy) is 1. The van der Waals surface area contributed by atoms with Gasteiger partial charge in [-0.05, 0) is 49.4 Å². The number of anilines is 1. The third-order valence-corrected chi connectivity index (χ3v) is 4.69. The Hall–Kier alpha value is -3.35. The first-order valence-corrected chi connectivity index (χ1v) is 9.38. The van der Waals surface area contributed by atoms with Crippen LogP contribution in [-0.2, 0) is 0 Å². The number of amides is 1. The third-order valence-electron chi connectivity index (χ3n) is 4.69. The number of carbonyl (C=O) groups excluding carboxylic acids is 1. The van der Waals surface area contributed by atoms with Gasteiger partial charge in [0.2, 0.25) is 5.95 Å². The van der Waals surface area contributed by atoms with Gasteiger partial charge < -0.3 is 19.0 Å². The van der Waals surface area contributed by atoms with Crippen molar-refractivity contribution in [2.45, 2.75) is 6.92 Å². The van der Waals surface area contributed by atoms with Crippen molar-refractivity contribution in [2.75, 3.05) is 37.7 Å². The van der Waals surface area contributed by atoms with E-state index in [0.717, 1.165) is 17.0 Å². The first-order valence-electron chi connectivity index (χ1n) is 9.38. The maximum atomic E-state index is 12.4. The van der Waals surface area contributed by atoms with E-state index in [1.54, 1.807) is 23.2 Å². The molecule has 0 saturated carbocycles. The summed E-state index contributed by atoms with van der Waals surface area (Å²) in [6.07, 6.45) is 3.29. The minimum absolute atomic E-state index is 0.0753. The monoisotopic (exact) mass is 378 g/mol. The van der Waals surface area contributed by atoms with E-state index in [9.17, 15) is 4.79 Å². The number of carbonyl (C=O) groups is 1. The number of furan rings is 1. The van der Waals surface area contributed by atoms with Gasteiger partial charge in [-0.2, -0.15) is 0 Å². The standard InChI is InChI=1S/C21H22N4O3/c1-2-27-17-7-5-16(6-8-17)18-9-10-22-21(23-18)25-13-11-24(12-14-25)20(26)19-4-3-15-28-19/h3-10,15H,2,11-14H2,1H3. The molecule has 0 radical (unpaired) electrons. The van der Waals surface area contributed by atoms with Gasteiger partial charge in [0.1, 0.15) is 5.75 Å². The summed E-state index contributed by atoms with van der Waals surface area (Å²) in [6.45, 7) is 5.18. The van der Waals surface area contributed by atoms with Gasteiger partial charge >= 0.3 is 0 Å². The summed E-state index contributed by atoms with van der Waals surface area (Å²) in [6, 6.07) is 13.2. The van der Waals surface area contributed by atoms with E-state index in [1.165, 1.54) is 6.26 Å². The molecule has 1 fully saturated rings. The second-order valence-electron chi connectivity index (χ2n) is 6.46. The second kappa shape index (κ2) is 8.12. The van der Waals surface area contributed by atoms with Crippen molar-refractivity contribution in [1.82, 2.24) is 14.9 Å². The maximum Gasteiger partial charge on any atom is 0.289 e. The van der Waals surface area contributed by atoms with Crippen LogP contribution in [0.15, 0.2) is 59.3 Å². The molecule has 0 bridgehead atoms. The topological polar surface area (TPSA) is 71.7 Å². The molecule has 7 heteroatoms. The van der Waals surface area contributed by atoms with Crippen LogP contribution < -0.4 is 9.64 Å². The third kappa shape index (κ3) is 3.83. The molecule has 1 aliphatic rings. The fourth-order valence-corrected chi connectivity index (χ4v) is 3.22. The number of rotatable bonds is 5. The molecule has 1 amide bonds. The van der Waals surface area contributed by atoms with E-state index in [4.69, 9.17) is 14.1 Å². The fourth-order valence-electron chi connectivity index (χ4n) is 3.22. The highest BCUT2D eigenvalue weighted by molar-refractivity contribution is 5.91. The van der Waals surface area contributed by atoms with Crippen LogP contribution in [0, 0.1) is 0 Å². The number of hydrogen-bond acceptors (Lipinski definition) is 6. The van der Waals surface area contributed by atoms with Crippen LogP contribution in [0.2, 0.25) is 0 Å². The summed E-state index contributed by atoms with van der Waals surface area (Å²) in [7, 11) is 0. The van der Waals surface area contributed by atoms with Gasteiger partial charge in [0.15, 0.2) is 5.76 Å². The summed E-state index contributed by atoms with van der Waals surface area (Å²) in [5.41, 5.74) is 1.88. The molecule has 0 unspecified atom stereocenters. The smallest absolute Gasteiger partial charge is 0.289 e. The normalized spacial score (nSPS) is 14.2. The average molecular weight is 378 g/mol. The zero-order valence-corrected chi connectivity index (χ0v) is 15.7. The Kier molecular flexibility index (Phi) is 5.23. The summed E-state index contributed by atoms with van der Waals surface area (Å²) < 4.78 is 10.7. The molecule has 0 atom stereocenters. The summed E-state index contributed by atoms with van der Waals surface area (Å²) in [5, 5.41) is 0. The van der Waals surface area contributed by atoms with Crippen LogP contribution in [0.4, 0.5) is 5.95 Å². The Morgan fingerprint density at radius 2 is 1.89 bits per heavy atom. The first kappa shape index (κ1) is 18.0. The van der Waals surface area contributed by atoms with E-state index in [1.807, 2.05) is 37.3 Å². The molecule has 1 aliphatic heterocycles. The van der Waals surface area contributed by atoms with Gasteiger partial charge in [-0.1, -0.05) is 0 Å². The highest BCUT2D eigenvalue weighted by atomic mass is 16.5. The van der Waals surface area contributed by atoms with Crippen molar-refractivity contribution in [3.8, 4) is 17.0 Å². The first-order chi connectivity index (χ1) is 13.7. The van der Waals surface area contributed by atoms with Gasteiger partial charge in [0, 0.05) is 37.9 Å². The van der Waals surface area contributed by atoms with Crippen LogP contribution in [0.5, 0.6) is 5.75 Å². The van der Waals surface area contributed by atoms with Crippen LogP contribution in [-0.4, -0.2) is 53.6 Å². The molecule has 0 aliphatic carbocycles. The van der Waals surface area contributed by atoms with Crippen molar-refractivity contribution >= 4 is 11.9 Å². The molecule has 28 heavy (non-hydrogen) atoms. The highest BCUT2D eigenvalue weighted by Gasteiger charge is 2.25. The average Bonchev–Trinajstić information content (AvgIpc) is 3.29. The number of aromatic nitrogens is 2. The van der Waals surface area contributed by atoms with Crippen LogP contribution in [0.1, 0.15) is 17.5 Å². The molecular formula is C21H22N4O3. The molecular weight excluding hydrogens is 356 g/mol. The number of benzene rings is 1. The fraction of sp³-hybridized carbons (Fsp3) is 0.286. The molecule has 1 saturated heterocycles. The van der Waals surface area contributed by atoms with E-state index in [0.29, 0.717) is 44.5 Å². The Morgan fingerprint density at radius 1 is 1.11 bits per heavy atom. The zero-order chi connectivity index (χ0) is 19.3. The predicted molar refractivity (Wildman–Crippen MR) is 105 cm³/mol. The van der Waals surface area contributed by atoms with Crippen molar-refractivity contribution in [2.24, 2.45) is 0 Å². The summed E-state index contributed by atoms with van der Waals surface area (Å²) in [4.78, 5) is 25.4. The molecule has 3 aromatic rings. The van der Waals surface area contributed by atoms with Crippen molar-refractivity contribution in [1.29, 1.82) is 0 Å². The number of piperazine rings is 1. The summed E-state index contributed by atoms with van der Waals surface area (Å²) in [5.74, 6) is 1.82. The van der Waals surface area contributed by atoms with Crippen molar-refractivity contribution in [3.05, 3.63) is 60.7 Å². The van der Waals surface area contributed by atoms with Gasteiger partial charge in [-0.3, -0.25) is 4.79 Å². The minimum atomic E-state index is -0.0753. The predicted octanol–water partition coefficient (Wildman–Crippen LogP) is 3.10. The van der Waals surface area contributed by atoms with Crippen LogP contribution in [0.25, 0.3) is 11.3 Å². The Morgan fingerprint density at radius 3 is 2.57 bits per heavy atom. The molecule has 144 valence electrons. The van der Waals surface area contributed by atoms with E-state index in [2.05, 4.69) is 9.88 Å². The Bertz CT molecular complexity index is 917. The Balaban J connectivity index is 1.43. The van der Waals surface area contributed by atoms with Crippen molar-refractivity contribution < 1.29 is 13.9 Å².